The minimum absolute atomic E-state index is 0.0493. The lowest BCUT2D eigenvalue weighted by Crippen LogP contribution is -2.01. The van der Waals surface area contributed by atoms with Gasteiger partial charge in [0.1, 0.15) is 6.61 Å². The topological polar surface area (TPSA) is 29.5 Å². The maximum absolute atomic E-state index is 13.6. The van der Waals surface area contributed by atoms with Gasteiger partial charge in [-0.2, -0.15) is 0 Å². The van der Waals surface area contributed by atoms with Gasteiger partial charge in [-0.05, 0) is 23.8 Å². The first-order valence-electron chi connectivity index (χ1n) is 5.57. The average Bonchev–Trinajstić information content (AvgIpc) is 2.39. The van der Waals surface area contributed by atoms with Gasteiger partial charge in [-0.15, -0.1) is 0 Å². The summed E-state index contributed by atoms with van der Waals surface area (Å²) in [6, 6.07) is 9.37. The fourth-order valence-electron chi connectivity index (χ4n) is 1.61. The summed E-state index contributed by atoms with van der Waals surface area (Å²) in [6.45, 7) is -0.369. The van der Waals surface area contributed by atoms with Gasteiger partial charge >= 0.3 is 0 Å². The normalized spacial score (nSPS) is 10.5. The van der Waals surface area contributed by atoms with E-state index in [1.165, 1.54) is 0 Å². The van der Waals surface area contributed by atoms with Gasteiger partial charge < -0.3 is 9.84 Å². The Bertz CT molecular complexity index is 564. The Labute approximate surface area is 117 Å². The number of hydrogen-bond acceptors (Lipinski definition) is 2. The molecule has 0 aromatic heterocycles. The minimum atomic E-state index is -0.823. The number of aliphatic hydroxyl groups excluding tert-OH is 1. The first-order valence-corrected chi connectivity index (χ1v) is 6.36. The van der Waals surface area contributed by atoms with Crippen molar-refractivity contribution in [2.24, 2.45) is 0 Å². The number of aliphatic hydroxyl groups is 1. The molecule has 0 saturated heterocycles. The maximum atomic E-state index is 13.6. The summed E-state index contributed by atoms with van der Waals surface area (Å²) in [6.07, 6.45) is 0. The molecule has 0 atom stereocenters. The predicted molar refractivity (Wildman–Crippen MR) is 70.8 cm³/mol. The van der Waals surface area contributed by atoms with E-state index >= 15 is 0 Å². The maximum Gasteiger partial charge on any atom is 0.191 e. The minimum Gasteiger partial charge on any atom is -0.483 e. The molecule has 0 spiro atoms. The highest BCUT2D eigenvalue weighted by atomic mass is 79.9. The molecule has 0 radical (unpaired) electrons. The first kappa shape index (κ1) is 14.0. The molecule has 100 valence electrons. The van der Waals surface area contributed by atoms with Gasteiger partial charge in [0.05, 0.1) is 6.61 Å². The second-order valence-corrected chi connectivity index (χ2v) is 4.78. The van der Waals surface area contributed by atoms with E-state index in [1.54, 1.807) is 6.07 Å². The zero-order chi connectivity index (χ0) is 13.8. The molecule has 1 N–H and O–H groups in total. The second kappa shape index (κ2) is 6.12. The summed E-state index contributed by atoms with van der Waals surface area (Å²) in [5.41, 5.74) is 0.954. The van der Waals surface area contributed by atoms with Crippen molar-refractivity contribution in [3.8, 4) is 5.75 Å². The Morgan fingerprint density at radius 2 is 1.74 bits per heavy atom. The molecule has 0 aliphatic rings. The zero-order valence-electron chi connectivity index (χ0n) is 9.87. The molecule has 0 fully saturated rings. The molecule has 2 rings (SSSR count). The van der Waals surface area contributed by atoms with E-state index in [-0.39, 0.29) is 12.2 Å². The number of halogens is 3. The van der Waals surface area contributed by atoms with Gasteiger partial charge in [0, 0.05) is 10.0 Å². The van der Waals surface area contributed by atoms with Crippen LogP contribution in [0, 0.1) is 11.6 Å². The van der Waals surface area contributed by atoms with Gasteiger partial charge in [0.15, 0.2) is 17.4 Å². The van der Waals surface area contributed by atoms with Gasteiger partial charge in [0.25, 0.3) is 0 Å². The Balaban J connectivity index is 2.18. The van der Waals surface area contributed by atoms with Gasteiger partial charge in [-0.1, -0.05) is 34.1 Å². The summed E-state index contributed by atoms with van der Waals surface area (Å²) >= 11 is 3.33. The Hall–Kier alpha value is -1.46. The number of rotatable bonds is 4. The molecule has 5 heteroatoms. The van der Waals surface area contributed by atoms with E-state index in [4.69, 9.17) is 9.84 Å². The molecule has 2 aromatic carbocycles. The van der Waals surface area contributed by atoms with Crippen molar-refractivity contribution < 1.29 is 18.6 Å². The summed E-state index contributed by atoms with van der Waals surface area (Å²) < 4.78 is 33.2. The third-order valence-electron chi connectivity index (χ3n) is 2.57. The fourth-order valence-corrected chi connectivity index (χ4v) is 2.01. The van der Waals surface area contributed by atoms with Crippen molar-refractivity contribution in [2.45, 2.75) is 13.2 Å². The summed E-state index contributed by atoms with van der Waals surface area (Å²) in [4.78, 5) is 0. The fraction of sp³-hybridized carbons (Fsp3) is 0.143. The van der Waals surface area contributed by atoms with Gasteiger partial charge in [-0.25, -0.2) is 8.78 Å². The molecule has 0 aliphatic carbocycles. The van der Waals surface area contributed by atoms with E-state index in [2.05, 4.69) is 15.9 Å². The lowest BCUT2D eigenvalue weighted by Gasteiger charge is -2.10. The third kappa shape index (κ3) is 3.30. The van der Waals surface area contributed by atoms with Crippen LogP contribution in [0.25, 0.3) is 0 Å². The lowest BCUT2D eigenvalue weighted by molar-refractivity contribution is 0.266. The van der Waals surface area contributed by atoms with Crippen molar-refractivity contribution in [1.82, 2.24) is 0 Å². The van der Waals surface area contributed by atoms with Crippen LogP contribution in [0.15, 0.2) is 40.9 Å². The molecule has 0 aliphatic heterocycles. The Kier molecular flexibility index (Phi) is 4.50. The molecule has 2 aromatic rings. The van der Waals surface area contributed by atoms with Crippen molar-refractivity contribution in [3.05, 3.63) is 63.6 Å². The Morgan fingerprint density at radius 1 is 1.11 bits per heavy atom. The van der Waals surface area contributed by atoms with Crippen LogP contribution in [-0.2, 0) is 13.2 Å². The zero-order valence-corrected chi connectivity index (χ0v) is 11.5. The molecule has 0 saturated carbocycles. The summed E-state index contributed by atoms with van der Waals surface area (Å²) in [5.74, 6) is -2.08. The first-order chi connectivity index (χ1) is 9.11. The smallest absolute Gasteiger partial charge is 0.191 e. The highest BCUT2D eigenvalue weighted by Gasteiger charge is 2.13. The molecule has 0 bridgehead atoms. The number of ether oxygens (including phenoxy) is 1. The quantitative estimate of drug-likeness (QED) is 0.925. The van der Waals surface area contributed by atoms with Crippen LogP contribution in [0.4, 0.5) is 8.78 Å². The van der Waals surface area contributed by atoms with Crippen LogP contribution in [0.1, 0.15) is 11.1 Å². The van der Waals surface area contributed by atoms with E-state index in [9.17, 15) is 8.78 Å². The molecule has 0 amide bonds. The molecule has 2 nitrogen and oxygen atoms in total. The van der Waals surface area contributed by atoms with E-state index in [1.807, 2.05) is 18.2 Å². The standard InChI is InChI=1S/C14H11BrF2O2/c15-11-4-2-1-3-10(11)8-19-14-12(16)5-9(7-18)6-13(14)17/h1-6,18H,7-8H2. The van der Waals surface area contributed by atoms with Crippen LogP contribution in [0.3, 0.4) is 0 Å². The molecule has 19 heavy (non-hydrogen) atoms. The van der Waals surface area contributed by atoms with Crippen LogP contribution in [0.5, 0.6) is 5.75 Å². The van der Waals surface area contributed by atoms with Crippen LogP contribution in [0.2, 0.25) is 0 Å². The van der Waals surface area contributed by atoms with Crippen molar-refractivity contribution >= 4 is 15.9 Å². The highest BCUT2D eigenvalue weighted by Crippen LogP contribution is 2.25. The van der Waals surface area contributed by atoms with Crippen molar-refractivity contribution in [1.29, 1.82) is 0 Å². The van der Waals surface area contributed by atoms with Gasteiger partial charge in [0.2, 0.25) is 0 Å². The lowest BCUT2D eigenvalue weighted by atomic mass is 10.2. The number of benzene rings is 2. The summed E-state index contributed by atoms with van der Waals surface area (Å²) in [5, 5.41) is 8.84. The van der Waals surface area contributed by atoms with Crippen LogP contribution < -0.4 is 4.74 Å². The molecule has 0 heterocycles. The third-order valence-corrected chi connectivity index (χ3v) is 3.34. The van der Waals surface area contributed by atoms with Crippen molar-refractivity contribution in [2.75, 3.05) is 0 Å². The van der Waals surface area contributed by atoms with E-state index in [0.29, 0.717) is 0 Å². The SMILES string of the molecule is OCc1cc(F)c(OCc2ccccc2Br)c(F)c1. The number of hydrogen-bond donors (Lipinski definition) is 1. The van der Waals surface area contributed by atoms with Crippen molar-refractivity contribution in [3.63, 3.8) is 0 Å². The highest BCUT2D eigenvalue weighted by molar-refractivity contribution is 9.10. The second-order valence-electron chi connectivity index (χ2n) is 3.93. The average molecular weight is 329 g/mol. The van der Waals surface area contributed by atoms with Gasteiger partial charge in [-0.3, -0.25) is 0 Å². The van der Waals surface area contributed by atoms with Crippen LogP contribution in [-0.4, -0.2) is 5.11 Å². The van der Waals surface area contributed by atoms with E-state index < -0.39 is 24.0 Å². The molecular formula is C14H11BrF2O2. The monoisotopic (exact) mass is 328 g/mol. The molecule has 0 unspecified atom stereocenters. The predicted octanol–water partition coefficient (Wildman–Crippen LogP) is 3.80. The molecular weight excluding hydrogens is 318 g/mol. The van der Waals surface area contributed by atoms with E-state index in [0.717, 1.165) is 22.2 Å². The Morgan fingerprint density at radius 3 is 2.32 bits per heavy atom. The largest absolute Gasteiger partial charge is 0.483 e. The summed E-state index contributed by atoms with van der Waals surface area (Å²) in [7, 11) is 0. The van der Waals surface area contributed by atoms with Crippen LogP contribution >= 0.6 is 15.9 Å².